The third-order valence-electron chi connectivity index (χ3n) is 3.85. The van der Waals surface area contributed by atoms with Crippen LogP contribution in [-0.4, -0.2) is 43.0 Å². The van der Waals surface area contributed by atoms with E-state index in [4.69, 9.17) is 5.26 Å². The van der Waals surface area contributed by atoms with Crippen LogP contribution in [-0.2, 0) is 0 Å². The van der Waals surface area contributed by atoms with Crippen molar-refractivity contribution in [1.82, 2.24) is 4.90 Å². The summed E-state index contributed by atoms with van der Waals surface area (Å²) in [5, 5.41) is 19.9. The number of nitriles is 1. The Kier molecular flexibility index (Phi) is 4.20. The third-order valence-corrected chi connectivity index (χ3v) is 3.85. The number of benzene rings is 1. The van der Waals surface area contributed by atoms with Crippen molar-refractivity contribution in [2.24, 2.45) is 0 Å². The highest BCUT2D eigenvalue weighted by atomic mass is 16.6. The molecule has 1 aliphatic rings. The van der Waals surface area contributed by atoms with E-state index < -0.39 is 4.92 Å². The number of piperidine rings is 1. The number of likely N-dealkylation sites (tertiary alicyclic amines) is 1. The van der Waals surface area contributed by atoms with E-state index in [9.17, 15) is 10.1 Å². The smallest absolute Gasteiger partial charge is 0.287 e. The van der Waals surface area contributed by atoms with E-state index in [1.54, 1.807) is 12.1 Å². The highest BCUT2D eigenvalue weighted by Crippen LogP contribution is 2.26. The molecule has 6 nitrogen and oxygen atoms in total. The van der Waals surface area contributed by atoms with Crippen molar-refractivity contribution in [1.29, 1.82) is 5.26 Å². The van der Waals surface area contributed by atoms with Gasteiger partial charge in [-0.15, -0.1) is 0 Å². The van der Waals surface area contributed by atoms with Crippen molar-refractivity contribution < 1.29 is 4.92 Å². The molecular weight excluding hydrogens is 256 g/mol. The second-order valence-corrected chi connectivity index (χ2v) is 5.24. The van der Waals surface area contributed by atoms with Crippen LogP contribution in [0.25, 0.3) is 0 Å². The van der Waals surface area contributed by atoms with Crippen molar-refractivity contribution in [3.8, 4) is 6.07 Å². The molecule has 6 heteroatoms. The van der Waals surface area contributed by atoms with Crippen LogP contribution >= 0.6 is 0 Å². The lowest BCUT2D eigenvalue weighted by atomic mass is 10.0. The van der Waals surface area contributed by atoms with Crippen LogP contribution < -0.4 is 4.90 Å². The van der Waals surface area contributed by atoms with E-state index in [2.05, 4.69) is 16.8 Å². The SMILES string of the molecule is CN1CCCC(N(C)c2ccc([N+](=O)[O-])c(C#N)c2)C1. The van der Waals surface area contributed by atoms with Gasteiger partial charge in [-0.05, 0) is 38.6 Å². The van der Waals surface area contributed by atoms with Gasteiger partial charge in [0.25, 0.3) is 5.69 Å². The molecule has 0 aliphatic carbocycles. The number of hydrogen-bond donors (Lipinski definition) is 0. The maximum Gasteiger partial charge on any atom is 0.287 e. The van der Waals surface area contributed by atoms with Crippen molar-refractivity contribution in [3.05, 3.63) is 33.9 Å². The van der Waals surface area contributed by atoms with Gasteiger partial charge in [0.05, 0.1) is 4.92 Å². The second-order valence-electron chi connectivity index (χ2n) is 5.24. The standard InChI is InChI=1S/C14H18N4O2/c1-16-7-3-4-13(10-16)17(2)12-5-6-14(18(19)20)11(8-12)9-15/h5-6,8,13H,3-4,7,10H2,1-2H3. The van der Waals surface area contributed by atoms with E-state index in [1.807, 2.05) is 13.1 Å². The summed E-state index contributed by atoms with van der Waals surface area (Å²) < 4.78 is 0. The van der Waals surface area contributed by atoms with Gasteiger partial charge in [0.2, 0.25) is 0 Å². The Morgan fingerprint density at radius 1 is 1.55 bits per heavy atom. The quantitative estimate of drug-likeness (QED) is 0.622. The number of nitro benzene ring substituents is 1. The highest BCUT2D eigenvalue weighted by Gasteiger charge is 2.23. The molecule has 1 atom stereocenters. The summed E-state index contributed by atoms with van der Waals surface area (Å²) >= 11 is 0. The van der Waals surface area contributed by atoms with Gasteiger partial charge in [0.1, 0.15) is 11.6 Å². The molecule has 1 aliphatic heterocycles. The minimum Gasteiger partial charge on any atom is -0.370 e. The monoisotopic (exact) mass is 274 g/mol. The number of nitro groups is 1. The minimum atomic E-state index is -0.517. The Hall–Kier alpha value is -2.13. The lowest BCUT2D eigenvalue weighted by Gasteiger charge is -2.37. The van der Waals surface area contributed by atoms with Gasteiger partial charge in [0, 0.05) is 31.4 Å². The summed E-state index contributed by atoms with van der Waals surface area (Å²) in [7, 11) is 4.07. The predicted octanol–water partition coefficient (Wildman–Crippen LogP) is 2.00. The first-order chi connectivity index (χ1) is 9.52. The van der Waals surface area contributed by atoms with E-state index in [0.717, 1.165) is 31.6 Å². The fourth-order valence-corrected chi connectivity index (χ4v) is 2.66. The zero-order chi connectivity index (χ0) is 14.7. The zero-order valence-corrected chi connectivity index (χ0v) is 11.7. The molecule has 1 heterocycles. The molecule has 1 unspecified atom stereocenters. The van der Waals surface area contributed by atoms with Gasteiger partial charge in [0.15, 0.2) is 0 Å². The van der Waals surface area contributed by atoms with Crippen LogP contribution in [0.5, 0.6) is 0 Å². The van der Waals surface area contributed by atoms with Gasteiger partial charge < -0.3 is 9.80 Å². The number of hydrogen-bond acceptors (Lipinski definition) is 5. The molecular formula is C14H18N4O2. The van der Waals surface area contributed by atoms with Gasteiger partial charge >= 0.3 is 0 Å². The number of likely N-dealkylation sites (N-methyl/N-ethyl adjacent to an activating group) is 2. The predicted molar refractivity (Wildman–Crippen MR) is 76.7 cm³/mol. The molecule has 0 spiro atoms. The summed E-state index contributed by atoms with van der Waals surface area (Å²) in [6.07, 6.45) is 2.24. The fourth-order valence-electron chi connectivity index (χ4n) is 2.66. The maximum absolute atomic E-state index is 10.8. The summed E-state index contributed by atoms with van der Waals surface area (Å²) in [6, 6.07) is 7.02. The molecule has 0 amide bonds. The molecule has 20 heavy (non-hydrogen) atoms. The van der Waals surface area contributed by atoms with Gasteiger partial charge in [-0.3, -0.25) is 10.1 Å². The van der Waals surface area contributed by atoms with E-state index in [1.165, 1.54) is 6.07 Å². The molecule has 1 saturated heterocycles. The van der Waals surface area contributed by atoms with Crippen LogP contribution in [0.3, 0.4) is 0 Å². The first kappa shape index (κ1) is 14.3. The van der Waals surface area contributed by atoms with E-state index in [-0.39, 0.29) is 11.3 Å². The van der Waals surface area contributed by atoms with Crippen LogP contribution in [0.15, 0.2) is 18.2 Å². The topological polar surface area (TPSA) is 73.4 Å². The molecule has 0 N–H and O–H groups in total. The minimum absolute atomic E-state index is 0.114. The maximum atomic E-state index is 10.8. The first-order valence-electron chi connectivity index (χ1n) is 6.63. The zero-order valence-electron chi connectivity index (χ0n) is 11.7. The van der Waals surface area contributed by atoms with Crippen LogP contribution in [0, 0.1) is 21.4 Å². The highest BCUT2D eigenvalue weighted by molar-refractivity contribution is 5.60. The lowest BCUT2D eigenvalue weighted by molar-refractivity contribution is -0.385. The third kappa shape index (κ3) is 2.89. The molecule has 0 saturated carbocycles. The Morgan fingerprint density at radius 3 is 2.90 bits per heavy atom. The molecule has 1 aromatic carbocycles. The Morgan fingerprint density at radius 2 is 2.30 bits per heavy atom. The van der Waals surface area contributed by atoms with Gasteiger partial charge in [-0.25, -0.2) is 0 Å². The van der Waals surface area contributed by atoms with Crippen molar-refractivity contribution in [3.63, 3.8) is 0 Å². The summed E-state index contributed by atoms with van der Waals surface area (Å²) in [5.74, 6) is 0. The number of rotatable bonds is 3. The van der Waals surface area contributed by atoms with Crippen LogP contribution in [0.4, 0.5) is 11.4 Å². The van der Waals surface area contributed by atoms with Crippen molar-refractivity contribution in [2.75, 3.05) is 32.1 Å². The first-order valence-corrected chi connectivity index (χ1v) is 6.63. The van der Waals surface area contributed by atoms with E-state index in [0.29, 0.717) is 6.04 Å². The molecule has 0 aromatic heterocycles. The Balaban J connectivity index is 2.24. The van der Waals surface area contributed by atoms with Crippen LogP contribution in [0.1, 0.15) is 18.4 Å². The summed E-state index contributed by atoms with van der Waals surface area (Å²) in [5.41, 5.74) is 0.835. The number of nitrogens with zero attached hydrogens (tertiary/aromatic N) is 4. The summed E-state index contributed by atoms with van der Waals surface area (Å²) in [4.78, 5) is 14.7. The number of anilines is 1. The second kappa shape index (κ2) is 5.88. The Bertz CT molecular complexity index is 553. The van der Waals surface area contributed by atoms with Crippen LogP contribution in [0.2, 0.25) is 0 Å². The lowest BCUT2D eigenvalue weighted by Crippen LogP contribution is -2.45. The largest absolute Gasteiger partial charge is 0.370 e. The molecule has 0 radical (unpaired) electrons. The van der Waals surface area contributed by atoms with Crippen molar-refractivity contribution >= 4 is 11.4 Å². The summed E-state index contributed by atoms with van der Waals surface area (Å²) in [6.45, 7) is 2.07. The Labute approximate surface area is 118 Å². The molecule has 1 aromatic rings. The molecule has 0 bridgehead atoms. The van der Waals surface area contributed by atoms with Crippen molar-refractivity contribution in [2.45, 2.75) is 18.9 Å². The fraction of sp³-hybridized carbons (Fsp3) is 0.500. The van der Waals surface area contributed by atoms with Gasteiger partial charge in [-0.2, -0.15) is 5.26 Å². The molecule has 1 fully saturated rings. The molecule has 2 rings (SSSR count). The normalized spacial score (nSPS) is 19.4. The molecule has 106 valence electrons. The van der Waals surface area contributed by atoms with Gasteiger partial charge in [-0.1, -0.05) is 0 Å². The average Bonchev–Trinajstić information content (AvgIpc) is 2.45. The van der Waals surface area contributed by atoms with E-state index >= 15 is 0 Å². The average molecular weight is 274 g/mol.